The van der Waals surface area contributed by atoms with Gasteiger partial charge in [0.1, 0.15) is 0 Å². The van der Waals surface area contributed by atoms with Crippen molar-refractivity contribution >= 4 is 23.2 Å². The topological polar surface area (TPSA) is 93.6 Å². The van der Waals surface area contributed by atoms with Crippen molar-refractivity contribution < 1.29 is 0 Å². The minimum atomic E-state index is 0.189. The number of hydrogen-bond donors (Lipinski definition) is 3. The van der Waals surface area contributed by atoms with Gasteiger partial charge in [0.2, 0.25) is 5.95 Å². The highest BCUT2D eigenvalue weighted by molar-refractivity contribution is 6.31. The molecule has 0 saturated heterocycles. The highest BCUT2D eigenvalue weighted by atomic mass is 35.5. The normalized spacial score (nSPS) is 10.4. The zero-order valence-electron chi connectivity index (χ0n) is 7.16. The zero-order chi connectivity index (χ0) is 10.1. The lowest BCUT2D eigenvalue weighted by Gasteiger charge is -2.01. The van der Waals surface area contributed by atoms with E-state index in [0.29, 0.717) is 16.5 Å². The van der Waals surface area contributed by atoms with Gasteiger partial charge in [-0.1, -0.05) is 11.6 Å². The van der Waals surface area contributed by atoms with E-state index in [4.69, 9.17) is 23.1 Å². The molecule has 0 atom stereocenters. The molecule has 0 radical (unpaired) electrons. The second-order valence-corrected chi connectivity index (χ2v) is 3.21. The highest BCUT2D eigenvalue weighted by Gasteiger charge is 2.07. The second-order valence-electron chi connectivity index (χ2n) is 2.77. The second kappa shape index (κ2) is 3.19. The Balaban J connectivity index is 2.52. The fraction of sp³-hybridized carbons (Fsp3) is 0. The van der Waals surface area contributed by atoms with E-state index in [1.165, 1.54) is 0 Å². The van der Waals surface area contributed by atoms with Crippen molar-refractivity contribution in [1.29, 1.82) is 0 Å². The van der Waals surface area contributed by atoms with Gasteiger partial charge in [-0.2, -0.15) is 4.98 Å². The lowest BCUT2D eigenvalue weighted by atomic mass is 10.2. The first-order valence-corrected chi connectivity index (χ1v) is 4.28. The van der Waals surface area contributed by atoms with E-state index in [1.54, 1.807) is 18.2 Å². The third kappa shape index (κ3) is 1.49. The van der Waals surface area contributed by atoms with Crippen LogP contribution in [0.4, 0.5) is 11.6 Å². The van der Waals surface area contributed by atoms with Crippen molar-refractivity contribution in [2.45, 2.75) is 0 Å². The monoisotopic (exact) mass is 209 g/mol. The number of rotatable bonds is 1. The molecular formula is C8H8ClN5. The molecule has 14 heavy (non-hydrogen) atoms. The van der Waals surface area contributed by atoms with Crippen molar-refractivity contribution in [3.63, 3.8) is 0 Å². The van der Waals surface area contributed by atoms with Crippen LogP contribution in [-0.4, -0.2) is 15.2 Å². The summed E-state index contributed by atoms with van der Waals surface area (Å²) in [5.41, 5.74) is 12.4. The Morgan fingerprint density at radius 1 is 1.29 bits per heavy atom. The summed E-state index contributed by atoms with van der Waals surface area (Å²) in [6.45, 7) is 0. The predicted molar refractivity (Wildman–Crippen MR) is 55.7 cm³/mol. The van der Waals surface area contributed by atoms with E-state index >= 15 is 0 Å². The lowest BCUT2D eigenvalue weighted by Crippen LogP contribution is -1.91. The van der Waals surface area contributed by atoms with Gasteiger partial charge in [0, 0.05) is 16.3 Å². The van der Waals surface area contributed by atoms with Gasteiger partial charge >= 0.3 is 0 Å². The third-order valence-corrected chi connectivity index (χ3v) is 2.01. The number of aromatic amines is 1. The van der Waals surface area contributed by atoms with Crippen LogP contribution < -0.4 is 11.5 Å². The number of aromatic nitrogens is 3. The molecule has 2 aromatic rings. The number of nitrogens with zero attached hydrogens (tertiary/aromatic N) is 2. The van der Waals surface area contributed by atoms with Gasteiger partial charge in [0.25, 0.3) is 0 Å². The van der Waals surface area contributed by atoms with Gasteiger partial charge in [-0.05, 0) is 18.2 Å². The number of nitrogen functional groups attached to an aromatic ring is 2. The molecule has 0 unspecified atom stereocenters. The van der Waals surface area contributed by atoms with E-state index in [0.717, 1.165) is 5.56 Å². The van der Waals surface area contributed by atoms with E-state index in [9.17, 15) is 0 Å². The maximum atomic E-state index is 5.76. The molecule has 6 heteroatoms. The van der Waals surface area contributed by atoms with Crippen LogP contribution in [0.3, 0.4) is 0 Å². The van der Waals surface area contributed by atoms with E-state index in [2.05, 4.69) is 15.2 Å². The quantitative estimate of drug-likeness (QED) is 0.617. The van der Waals surface area contributed by atoms with Crippen molar-refractivity contribution in [1.82, 2.24) is 15.2 Å². The summed E-state index contributed by atoms with van der Waals surface area (Å²) in [4.78, 5) is 3.96. The standard InChI is InChI=1S/C8H8ClN5/c9-4-1-2-5(6(10)3-4)7-12-8(11)14-13-7/h1-3H,10H2,(H3,11,12,13,14). The third-order valence-electron chi connectivity index (χ3n) is 1.77. The summed E-state index contributed by atoms with van der Waals surface area (Å²) >= 11 is 5.76. The van der Waals surface area contributed by atoms with Crippen LogP contribution in [0.25, 0.3) is 11.4 Å². The molecule has 0 fully saturated rings. The summed E-state index contributed by atoms with van der Waals surface area (Å²) < 4.78 is 0. The van der Waals surface area contributed by atoms with Crippen LogP contribution >= 0.6 is 11.6 Å². The molecule has 0 spiro atoms. The first kappa shape index (κ1) is 8.83. The van der Waals surface area contributed by atoms with Crippen LogP contribution in [0, 0.1) is 0 Å². The SMILES string of the molecule is Nc1n[nH]c(-c2ccc(Cl)cc2N)n1. The minimum Gasteiger partial charge on any atom is -0.398 e. The predicted octanol–water partition coefficient (Wildman–Crippen LogP) is 1.29. The number of nitrogens with two attached hydrogens (primary N) is 2. The van der Waals surface area contributed by atoms with Crippen molar-refractivity contribution in [2.75, 3.05) is 11.5 Å². The summed E-state index contributed by atoms with van der Waals surface area (Å²) in [5.74, 6) is 0.728. The Morgan fingerprint density at radius 2 is 2.07 bits per heavy atom. The molecule has 0 saturated carbocycles. The molecule has 0 amide bonds. The molecule has 5 nitrogen and oxygen atoms in total. The molecule has 0 aliphatic rings. The summed E-state index contributed by atoms with van der Waals surface area (Å²) in [7, 11) is 0. The molecule has 0 bridgehead atoms. The van der Waals surface area contributed by atoms with E-state index in [1.807, 2.05) is 0 Å². The Hall–Kier alpha value is -1.75. The molecular weight excluding hydrogens is 202 g/mol. The molecule has 2 rings (SSSR count). The molecule has 1 heterocycles. The van der Waals surface area contributed by atoms with Gasteiger partial charge in [-0.3, -0.25) is 5.10 Å². The molecule has 1 aromatic carbocycles. The number of nitrogens with one attached hydrogen (secondary N) is 1. The fourth-order valence-electron chi connectivity index (χ4n) is 1.14. The van der Waals surface area contributed by atoms with Crippen molar-refractivity contribution in [3.05, 3.63) is 23.2 Å². The Morgan fingerprint density at radius 3 is 2.64 bits per heavy atom. The number of halogens is 1. The van der Waals surface area contributed by atoms with Crippen LogP contribution in [0.5, 0.6) is 0 Å². The van der Waals surface area contributed by atoms with Crippen LogP contribution in [0.2, 0.25) is 5.02 Å². The van der Waals surface area contributed by atoms with Crippen molar-refractivity contribution in [3.8, 4) is 11.4 Å². The highest BCUT2D eigenvalue weighted by Crippen LogP contribution is 2.25. The van der Waals surface area contributed by atoms with Crippen LogP contribution in [-0.2, 0) is 0 Å². The molecule has 72 valence electrons. The first-order chi connectivity index (χ1) is 6.66. The van der Waals surface area contributed by atoms with E-state index in [-0.39, 0.29) is 5.95 Å². The fourth-order valence-corrected chi connectivity index (χ4v) is 1.33. The first-order valence-electron chi connectivity index (χ1n) is 3.90. The zero-order valence-corrected chi connectivity index (χ0v) is 7.92. The van der Waals surface area contributed by atoms with Crippen LogP contribution in [0.15, 0.2) is 18.2 Å². The smallest absolute Gasteiger partial charge is 0.239 e. The largest absolute Gasteiger partial charge is 0.398 e. The van der Waals surface area contributed by atoms with Gasteiger partial charge < -0.3 is 11.5 Å². The number of H-pyrrole nitrogens is 1. The summed E-state index contributed by atoms with van der Waals surface area (Å²) in [6, 6.07) is 5.14. The maximum absolute atomic E-state index is 5.76. The average Bonchev–Trinajstić information content (AvgIpc) is 2.51. The summed E-state index contributed by atoms with van der Waals surface area (Å²) in [6.07, 6.45) is 0. The lowest BCUT2D eigenvalue weighted by molar-refractivity contribution is 1.10. The molecule has 1 aromatic heterocycles. The Bertz CT molecular complexity index is 465. The average molecular weight is 210 g/mol. The summed E-state index contributed by atoms with van der Waals surface area (Å²) in [5, 5.41) is 6.96. The van der Waals surface area contributed by atoms with Crippen molar-refractivity contribution in [2.24, 2.45) is 0 Å². The van der Waals surface area contributed by atoms with Gasteiger partial charge in [-0.25, -0.2) is 0 Å². The minimum absolute atomic E-state index is 0.189. The maximum Gasteiger partial charge on any atom is 0.239 e. The van der Waals surface area contributed by atoms with Gasteiger partial charge in [0.15, 0.2) is 5.82 Å². The van der Waals surface area contributed by atoms with Gasteiger partial charge in [0.05, 0.1) is 0 Å². The molecule has 0 aliphatic heterocycles. The van der Waals surface area contributed by atoms with Crippen LogP contribution in [0.1, 0.15) is 0 Å². The Labute approximate surface area is 85.1 Å². The number of benzene rings is 1. The Kier molecular flexibility index (Phi) is 2.01. The number of anilines is 2. The van der Waals surface area contributed by atoms with E-state index < -0.39 is 0 Å². The van der Waals surface area contributed by atoms with Gasteiger partial charge in [-0.15, -0.1) is 5.10 Å². The molecule has 5 N–H and O–H groups in total. The number of hydrogen-bond acceptors (Lipinski definition) is 4. The molecule has 0 aliphatic carbocycles.